The molecule has 7 heteroatoms. The van der Waals surface area contributed by atoms with Gasteiger partial charge in [0.1, 0.15) is 0 Å². The fourth-order valence-corrected chi connectivity index (χ4v) is 2.92. The van der Waals surface area contributed by atoms with Crippen molar-refractivity contribution in [2.24, 2.45) is 4.99 Å². The Morgan fingerprint density at radius 2 is 1.84 bits per heavy atom. The van der Waals surface area contributed by atoms with Gasteiger partial charge in [-0.15, -0.1) is 24.0 Å². The molecule has 0 saturated heterocycles. The Labute approximate surface area is 172 Å². The average molecular weight is 479 g/mol. The maximum Gasteiger partial charge on any atom is 0.239 e. The molecule has 0 unspecified atom stereocenters. The van der Waals surface area contributed by atoms with Crippen LogP contribution in [0, 0.1) is 0 Å². The number of carbonyl (C=O) groups is 1. The van der Waals surface area contributed by atoms with Gasteiger partial charge in [-0.2, -0.15) is 0 Å². The van der Waals surface area contributed by atoms with Crippen LogP contribution in [-0.2, 0) is 11.3 Å². The molecule has 0 aliphatic heterocycles. The lowest BCUT2D eigenvalue weighted by Gasteiger charge is -2.23. The van der Waals surface area contributed by atoms with E-state index in [1.54, 1.807) is 0 Å². The van der Waals surface area contributed by atoms with Crippen molar-refractivity contribution in [1.29, 1.82) is 0 Å². The van der Waals surface area contributed by atoms with E-state index in [1.807, 2.05) is 31.2 Å². The smallest absolute Gasteiger partial charge is 0.239 e. The van der Waals surface area contributed by atoms with E-state index in [0.29, 0.717) is 23.6 Å². The lowest BCUT2D eigenvalue weighted by Crippen LogP contribution is -2.46. The summed E-state index contributed by atoms with van der Waals surface area (Å²) in [5, 5.41) is 10.1. The van der Waals surface area contributed by atoms with Gasteiger partial charge in [-0.3, -0.25) is 4.79 Å². The van der Waals surface area contributed by atoms with E-state index in [0.717, 1.165) is 24.9 Å². The van der Waals surface area contributed by atoms with Crippen LogP contribution in [0.5, 0.6) is 0 Å². The van der Waals surface area contributed by atoms with Gasteiger partial charge in [0, 0.05) is 17.6 Å². The molecule has 0 radical (unpaired) electrons. The van der Waals surface area contributed by atoms with Gasteiger partial charge >= 0.3 is 0 Å². The Balaban J connectivity index is 0.00000312. The molecule has 25 heavy (non-hydrogen) atoms. The first-order chi connectivity index (χ1) is 11.7. The molecule has 1 saturated carbocycles. The van der Waals surface area contributed by atoms with E-state index < -0.39 is 0 Å². The topological polar surface area (TPSA) is 65.5 Å². The molecule has 1 aromatic rings. The molecule has 1 amide bonds. The summed E-state index contributed by atoms with van der Waals surface area (Å²) in [4.78, 5) is 16.6. The Bertz CT molecular complexity index is 545. The molecule has 1 fully saturated rings. The van der Waals surface area contributed by atoms with Gasteiger partial charge in [0.25, 0.3) is 0 Å². The minimum absolute atomic E-state index is 0. The van der Waals surface area contributed by atoms with Crippen molar-refractivity contribution in [2.75, 3.05) is 13.1 Å². The summed E-state index contributed by atoms with van der Waals surface area (Å²) in [6, 6.07) is 7.94. The van der Waals surface area contributed by atoms with Gasteiger partial charge in [0.15, 0.2) is 5.96 Å². The van der Waals surface area contributed by atoms with Gasteiger partial charge in [-0.05, 0) is 37.5 Å². The fraction of sp³-hybridized carbons (Fsp3) is 0.556. The third kappa shape index (κ3) is 8.76. The van der Waals surface area contributed by atoms with Crippen LogP contribution in [0.2, 0.25) is 5.02 Å². The van der Waals surface area contributed by atoms with E-state index >= 15 is 0 Å². The summed E-state index contributed by atoms with van der Waals surface area (Å²) in [6.45, 7) is 3.53. The molecule has 1 aromatic carbocycles. The molecule has 2 rings (SSSR count). The number of nitrogens with zero attached hydrogens (tertiary/aromatic N) is 1. The van der Waals surface area contributed by atoms with Gasteiger partial charge in [-0.25, -0.2) is 4.99 Å². The molecule has 0 spiro atoms. The number of hydrogen-bond acceptors (Lipinski definition) is 2. The zero-order valence-electron chi connectivity index (χ0n) is 14.7. The third-order valence-electron chi connectivity index (χ3n) is 4.06. The first-order valence-electron chi connectivity index (χ1n) is 8.73. The number of carbonyl (C=O) groups excluding carboxylic acids is 1. The van der Waals surface area contributed by atoms with Crippen LogP contribution in [0.4, 0.5) is 0 Å². The predicted molar refractivity (Wildman–Crippen MR) is 115 cm³/mol. The maximum atomic E-state index is 12.1. The first kappa shape index (κ1) is 22.0. The minimum Gasteiger partial charge on any atom is -0.357 e. The van der Waals surface area contributed by atoms with Gasteiger partial charge in [0.2, 0.25) is 5.91 Å². The lowest BCUT2D eigenvalue weighted by molar-refractivity contribution is -0.120. The fourth-order valence-electron chi connectivity index (χ4n) is 2.79. The molecule has 0 bridgehead atoms. The van der Waals surface area contributed by atoms with Crippen LogP contribution in [0.25, 0.3) is 0 Å². The van der Waals surface area contributed by atoms with E-state index in [2.05, 4.69) is 20.9 Å². The molecular weight excluding hydrogens is 451 g/mol. The monoisotopic (exact) mass is 478 g/mol. The second-order valence-corrected chi connectivity index (χ2v) is 6.51. The van der Waals surface area contributed by atoms with Crippen LogP contribution in [0.1, 0.15) is 44.6 Å². The number of guanidine groups is 1. The number of aliphatic imine (C=N–C) groups is 1. The van der Waals surface area contributed by atoms with Crippen molar-refractivity contribution >= 4 is 47.4 Å². The number of rotatable bonds is 6. The highest BCUT2D eigenvalue weighted by Gasteiger charge is 2.15. The summed E-state index contributed by atoms with van der Waals surface area (Å²) >= 11 is 5.88. The normalized spacial score (nSPS) is 15.2. The first-order valence-corrected chi connectivity index (χ1v) is 9.11. The highest BCUT2D eigenvalue weighted by molar-refractivity contribution is 14.0. The number of halogens is 2. The summed E-state index contributed by atoms with van der Waals surface area (Å²) in [7, 11) is 0. The molecule has 0 atom stereocenters. The minimum atomic E-state index is 0. The SMILES string of the molecule is CCNC(=NCc1ccc(Cl)cc1)NCC(=O)NC1CCCCC1.I. The van der Waals surface area contributed by atoms with E-state index in [-0.39, 0.29) is 36.4 Å². The van der Waals surface area contributed by atoms with Gasteiger partial charge < -0.3 is 16.0 Å². The van der Waals surface area contributed by atoms with E-state index in [1.165, 1.54) is 19.3 Å². The molecule has 0 aromatic heterocycles. The van der Waals surface area contributed by atoms with Crippen LogP contribution >= 0.6 is 35.6 Å². The summed E-state index contributed by atoms with van der Waals surface area (Å²) in [6.07, 6.45) is 5.90. The third-order valence-corrected chi connectivity index (χ3v) is 4.32. The van der Waals surface area contributed by atoms with Crippen molar-refractivity contribution in [2.45, 2.75) is 51.6 Å². The van der Waals surface area contributed by atoms with Gasteiger partial charge in [0.05, 0.1) is 13.1 Å². The number of nitrogens with one attached hydrogen (secondary N) is 3. The number of benzene rings is 1. The van der Waals surface area contributed by atoms with Crippen molar-refractivity contribution in [3.8, 4) is 0 Å². The molecule has 3 N–H and O–H groups in total. The van der Waals surface area contributed by atoms with Crippen LogP contribution in [-0.4, -0.2) is 31.0 Å². The Hall–Kier alpha value is -1.02. The van der Waals surface area contributed by atoms with Gasteiger partial charge in [-0.1, -0.05) is 43.0 Å². The number of amides is 1. The molecular formula is C18H28ClIN4O. The van der Waals surface area contributed by atoms with Crippen molar-refractivity contribution < 1.29 is 4.79 Å². The molecule has 5 nitrogen and oxygen atoms in total. The average Bonchev–Trinajstić information content (AvgIpc) is 2.59. The van der Waals surface area contributed by atoms with Crippen LogP contribution < -0.4 is 16.0 Å². The molecule has 1 aliphatic rings. The standard InChI is InChI=1S/C18H27ClN4O.HI/c1-2-20-18(21-12-14-8-10-15(19)11-9-14)22-13-17(24)23-16-6-4-3-5-7-16;/h8-11,16H,2-7,12-13H2,1H3,(H,23,24)(H2,20,21,22);1H. The second-order valence-electron chi connectivity index (χ2n) is 6.08. The quantitative estimate of drug-likeness (QED) is 0.333. The zero-order valence-corrected chi connectivity index (χ0v) is 17.8. The van der Waals surface area contributed by atoms with E-state index in [9.17, 15) is 4.79 Å². The van der Waals surface area contributed by atoms with Crippen molar-refractivity contribution in [3.63, 3.8) is 0 Å². The maximum absolute atomic E-state index is 12.1. The summed E-state index contributed by atoms with van der Waals surface area (Å²) in [5.74, 6) is 0.672. The molecule has 1 aliphatic carbocycles. The zero-order chi connectivity index (χ0) is 17.2. The largest absolute Gasteiger partial charge is 0.357 e. The van der Waals surface area contributed by atoms with Crippen molar-refractivity contribution in [1.82, 2.24) is 16.0 Å². The van der Waals surface area contributed by atoms with Crippen LogP contribution in [0.3, 0.4) is 0 Å². The Morgan fingerprint density at radius 3 is 2.48 bits per heavy atom. The highest BCUT2D eigenvalue weighted by Crippen LogP contribution is 2.17. The number of hydrogen-bond donors (Lipinski definition) is 3. The molecule has 0 heterocycles. The summed E-state index contributed by atoms with van der Waals surface area (Å²) < 4.78 is 0. The van der Waals surface area contributed by atoms with E-state index in [4.69, 9.17) is 11.6 Å². The lowest BCUT2D eigenvalue weighted by atomic mass is 9.95. The highest BCUT2D eigenvalue weighted by atomic mass is 127. The Kier molecular flexibility index (Phi) is 10.9. The summed E-state index contributed by atoms with van der Waals surface area (Å²) in [5.41, 5.74) is 1.07. The van der Waals surface area contributed by atoms with Crippen molar-refractivity contribution in [3.05, 3.63) is 34.9 Å². The van der Waals surface area contributed by atoms with Crippen LogP contribution in [0.15, 0.2) is 29.3 Å². The second kappa shape index (κ2) is 12.4. The molecule has 140 valence electrons. The predicted octanol–water partition coefficient (Wildman–Crippen LogP) is 3.46. The Morgan fingerprint density at radius 1 is 1.16 bits per heavy atom.